The fraction of sp³-hybridized carbons (Fsp3) is 0.107. The fourth-order valence-corrected chi connectivity index (χ4v) is 19.6. The third-order valence-electron chi connectivity index (χ3n) is 11.8. The molecule has 1 atom stereocenters. The average Bonchev–Trinajstić information content (AvgIpc) is 3.79. The summed E-state index contributed by atoms with van der Waals surface area (Å²) < 4.78 is 0. The maximum absolute atomic E-state index is 7.25. The molecular formula is C56H50Au2P2Si+2. The van der Waals surface area contributed by atoms with Crippen molar-refractivity contribution >= 4 is 56.3 Å². The number of benzene rings is 7. The van der Waals surface area contributed by atoms with Gasteiger partial charge in [-0.3, -0.25) is 12.5 Å². The molecule has 0 aromatic heterocycles. The van der Waals surface area contributed by atoms with Crippen LogP contribution >= 0.6 is 15.8 Å². The van der Waals surface area contributed by atoms with E-state index in [2.05, 4.69) is 207 Å². The smallest absolute Gasteiger partial charge is 0.366 e. The summed E-state index contributed by atoms with van der Waals surface area (Å²) in [5.41, 5.74) is 10.1. The van der Waals surface area contributed by atoms with E-state index >= 15 is 0 Å². The van der Waals surface area contributed by atoms with E-state index in [-0.39, 0.29) is 44.8 Å². The molecule has 1 heterocycles. The van der Waals surface area contributed by atoms with Gasteiger partial charge < -0.3 is 6.42 Å². The second-order valence-corrected chi connectivity index (χ2v) is 25.8. The topological polar surface area (TPSA) is 0 Å². The van der Waals surface area contributed by atoms with Crippen LogP contribution in [-0.2, 0) is 51.2 Å². The fourth-order valence-electron chi connectivity index (χ4n) is 8.72. The maximum atomic E-state index is 7.25. The first-order chi connectivity index (χ1) is 28.9. The Morgan fingerprint density at radius 2 is 1.13 bits per heavy atom. The van der Waals surface area contributed by atoms with Crippen molar-refractivity contribution in [3.8, 4) is 28.2 Å². The van der Waals surface area contributed by atoms with Gasteiger partial charge in [0.05, 0.1) is 5.31 Å². The van der Waals surface area contributed by atoms with Gasteiger partial charge in [-0.25, -0.2) is 6.08 Å². The quantitative estimate of drug-likeness (QED) is 0.0646. The van der Waals surface area contributed by atoms with E-state index in [1.54, 1.807) is 11.4 Å². The minimum absolute atomic E-state index is 0. The second-order valence-electron chi connectivity index (χ2n) is 15.8. The molecule has 0 amide bonds. The predicted octanol–water partition coefficient (Wildman–Crippen LogP) is 11.7. The van der Waals surface area contributed by atoms with Crippen LogP contribution in [0.3, 0.4) is 0 Å². The largest absolute Gasteiger partial charge is 1.00 e. The Balaban J connectivity index is 0.000000159. The van der Waals surface area contributed by atoms with Crippen LogP contribution in [0.15, 0.2) is 199 Å². The van der Waals surface area contributed by atoms with Crippen LogP contribution in [0.4, 0.5) is 0 Å². The number of allylic oxidation sites excluding steroid dienone is 4. The van der Waals surface area contributed by atoms with Crippen molar-refractivity contribution in [3.63, 3.8) is 0 Å². The molecule has 10 rings (SSSR count). The van der Waals surface area contributed by atoms with Gasteiger partial charge in [-0.1, -0.05) is 134 Å². The molecular weight excluding hydrogens is 1160 g/mol. The Kier molecular flexibility index (Phi) is 16.6. The van der Waals surface area contributed by atoms with E-state index in [9.17, 15) is 0 Å². The molecule has 5 heteroatoms. The van der Waals surface area contributed by atoms with Crippen molar-refractivity contribution in [2.75, 3.05) is 5.90 Å². The second kappa shape index (κ2) is 21.8. The minimum Gasteiger partial charge on any atom is -0.366 e. The van der Waals surface area contributed by atoms with E-state index in [1.807, 2.05) is 6.07 Å². The summed E-state index contributed by atoms with van der Waals surface area (Å²) in [7, 11) is -3.13. The maximum Gasteiger partial charge on any atom is 1.00 e. The first-order valence-corrected chi connectivity index (χ1v) is 27.0. The van der Waals surface area contributed by atoms with Gasteiger partial charge in [0.15, 0.2) is 5.90 Å². The zero-order valence-electron chi connectivity index (χ0n) is 34.6. The Hall–Kier alpha value is -4.12. The Morgan fingerprint density at radius 1 is 0.574 bits per heavy atom. The molecule has 1 aliphatic heterocycles. The molecule has 1 unspecified atom stereocenters. The molecule has 61 heavy (non-hydrogen) atoms. The minimum atomic E-state index is -1.51. The zero-order chi connectivity index (χ0) is 40.6. The average molecular weight is 1210 g/mol. The molecule has 308 valence electrons. The van der Waals surface area contributed by atoms with Gasteiger partial charge in [-0.2, -0.15) is 5.56 Å². The molecule has 0 N–H and O–H groups in total. The molecule has 3 aliphatic rings. The van der Waals surface area contributed by atoms with Crippen LogP contribution in [0.2, 0.25) is 13.1 Å². The Bertz CT molecular complexity index is 2640. The first-order valence-electron chi connectivity index (χ1n) is 20.6. The Labute approximate surface area is 398 Å². The number of hydrogen-bond acceptors (Lipinski definition) is 0. The van der Waals surface area contributed by atoms with E-state index in [0.717, 1.165) is 17.5 Å². The van der Waals surface area contributed by atoms with Gasteiger partial charge in [0.2, 0.25) is 0 Å². The number of hydrogen-bond donors (Lipinski definition) is 0. The van der Waals surface area contributed by atoms with E-state index < -0.39 is 23.9 Å². The van der Waals surface area contributed by atoms with E-state index in [0.29, 0.717) is 0 Å². The SMILES string of the molecule is C1=CC([PH+](C[PH+](c2ccccc2)c2ccccc2)c2ccccc2)=CCC1.[Au+].[Au+].[C-]#Cc1ccc2c(c1)-c1ccccc1[Si]2(C)C.[CH-]=Cc1ccc2c(c1)-c1ccccc1C2. The molecule has 0 fully saturated rings. The third-order valence-corrected chi connectivity index (χ3v) is 22.4. The monoisotopic (exact) mass is 1210 g/mol. The molecule has 0 nitrogen and oxygen atoms in total. The van der Waals surface area contributed by atoms with Crippen LogP contribution in [-0.4, -0.2) is 14.0 Å². The third kappa shape index (κ3) is 10.6. The van der Waals surface area contributed by atoms with Crippen molar-refractivity contribution < 1.29 is 44.8 Å². The van der Waals surface area contributed by atoms with Crippen LogP contribution in [0, 0.1) is 18.9 Å². The standard InChI is InChI=1S/C25H24P2.C16H13Si.C15H11.2Au/c1-5-13-22(14-6-1)26(23-15-7-2-8-16-23)21-27(24-17-9-3-10-18-24)25-19-11-4-12-20-25;1-4-12-9-10-16-14(11-12)13-7-5-6-8-15(13)17(16,2)3;1-2-11-7-8-13-10-12-5-3-4-6-14(12)15(13)9-11;;/h1-3,5-11,13-20H,4,12,21H2;5-11H,2-3H3;1-9H,10H2;;/q;2*-1;2*+1/p+2. The van der Waals surface area contributed by atoms with E-state index in [4.69, 9.17) is 13.0 Å². The van der Waals surface area contributed by atoms with Crippen molar-refractivity contribution in [2.45, 2.75) is 32.4 Å². The molecule has 0 spiro atoms. The van der Waals surface area contributed by atoms with Gasteiger partial charge in [0.25, 0.3) is 0 Å². The summed E-state index contributed by atoms with van der Waals surface area (Å²) in [5, 5.41) is 9.16. The molecule has 0 bridgehead atoms. The van der Waals surface area contributed by atoms with Crippen molar-refractivity contribution in [1.29, 1.82) is 0 Å². The summed E-state index contributed by atoms with van der Waals surface area (Å²) >= 11 is 0. The van der Waals surface area contributed by atoms with Gasteiger partial charge >= 0.3 is 44.8 Å². The normalized spacial score (nSPS) is 13.6. The summed E-state index contributed by atoms with van der Waals surface area (Å²) in [6, 6.07) is 63.5. The van der Waals surface area contributed by atoms with Crippen LogP contribution < -0.4 is 26.3 Å². The zero-order valence-corrected chi connectivity index (χ0v) is 41.9. The van der Waals surface area contributed by atoms with Crippen molar-refractivity contribution in [1.82, 2.24) is 0 Å². The van der Waals surface area contributed by atoms with Crippen LogP contribution in [0.5, 0.6) is 0 Å². The summed E-state index contributed by atoms with van der Waals surface area (Å²) in [6.45, 7) is 10.3. The van der Waals surface area contributed by atoms with Gasteiger partial charge in [0.1, 0.15) is 39.8 Å². The number of rotatable bonds is 7. The van der Waals surface area contributed by atoms with Gasteiger partial charge in [-0.05, 0) is 112 Å². The molecule has 0 saturated carbocycles. The van der Waals surface area contributed by atoms with Crippen molar-refractivity contribution in [3.05, 3.63) is 235 Å². The van der Waals surface area contributed by atoms with Gasteiger partial charge in [0, 0.05) is 0 Å². The number of fused-ring (bicyclic) bond motifs is 6. The summed E-state index contributed by atoms with van der Waals surface area (Å²) in [4.78, 5) is 0. The van der Waals surface area contributed by atoms with Gasteiger partial charge in [-0.15, -0.1) is 29.8 Å². The van der Waals surface area contributed by atoms with Crippen molar-refractivity contribution in [2.24, 2.45) is 0 Å². The summed E-state index contributed by atoms with van der Waals surface area (Å²) in [6.07, 6.45) is 19.6. The van der Waals surface area contributed by atoms with E-state index in [1.165, 1.54) is 78.4 Å². The summed E-state index contributed by atoms with van der Waals surface area (Å²) in [5.74, 6) is 3.76. The predicted molar refractivity (Wildman–Crippen MR) is 264 cm³/mol. The molecule has 0 saturated heterocycles. The molecule has 7 aromatic carbocycles. The van der Waals surface area contributed by atoms with Crippen LogP contribution in [0.25, 0.3) is 28.3 Å². The Morgan fingerprint density at radius 3 is 1.74 bits per heavy atom. The first kappa shape index (κ1) is 46.4. The molecule has 2 aliphatic carbocycles. The molecule has 7 aromatic rings. The molecule has 0 radical (unpaired) electrons. The van der Waals surface area contributed by atoms with Crippen LogP contribution in [0.1, 0.15) is 35.1 Å².